The third-order valence-corrected chi connectivity index (χ3v) is 8.03. The number of aliphatic hydroxyl groups is 1. The quantitative estimate of drug-likeness (QED) is 0.493. The van der Waals surface area contributed by atoms with E-state index in [1.54, 1.807) is 12.1 Å². The van der Waals surface area contributed by atoms with Gasteiger partial charge in [0.15, 0.2) is 0 Å². The maximum atomic E-state index is 13.5. The van der Waals surface area contributed by atoms with Crippen molar-refractivity contribution in [2.45, 2.75) is 22.7 Å². The summed E-state index contributed by atoms with van der Waals surface area (Å²) in [6.07, 6.45) is -0.727. The van der Waals surface area contributed by atoms with Gasteiger partial charge in [0, 0.05) is 0 Å². The Bertz CT molecular complexity index is 1190. The van der Waals surface area contributed by atoms with Gasteiger partial charge in [-0.25, -0.2) is 0 Å². The molecule has 0 fully saturated rings. The van der Waals surface area contributed by atoms with E-state index in [4.69, 9.17) is 19.6 Å². The second-order valence-corrected chi connectivity index (χ2v) is 13.6. The maximum absolute atomic E-state index is 13.5. The van der Waals surface area contributed by atoms with Gasteiger partial charge in [0.25, 0.3) is 0 Å². The number of hydrogen-bond donors (Lipinski definition) is 1. The molecule has 2 heterocycles. The van der Waals surface area contributed by atoms with Gasteiger partial charge in [-0.05, 0) is 0 Å². The molecule has 0 aromatic heterocycles. The summed E-state index contributed by atoms with van der Waals surface area (Å²) in [5.41, 5.74) is 7.81. The summed E-state index contributed by atoms with van der Waals surface area (Å²) in [5.74, 6) is 0.524. The number of aliphatic imine (C=N–C) groups is 1. The van der Waals surface area contributed by atoms with E-state index in [-0.39, 0.29) is 25.0 Å². The molecule has 0 saturated heterocycles. The Hall–Kier alpha value is -2.89. The van der Waals surface area contributed by atoms with Crippen molar-refractivity contribution < 1.29 is 24.2 Å². The van der Waals surface area contributed by atoms with Crippen LogP contribution >= 0.6 is 0 Å². The van der Waals surface area contributed by atoms with Gasteiger partial charge in [0.2, 0.25) is 0 Å². The third-order valence-electron chi connectivity index (χ3n) is 5.73. The Morgan fingerprint density at radius 3 is 2.72 bits per heavy atom. The van der Waals surface area contributed by atoms with Crippen LogP contribution < -0.4 is 9.47 Å². The number of aliphatic hydroxyl groups excluding tert-OH is 1. The van der Waals surface area contributed by atoms with Gasteiger partial charge in [0.05, 0.1) is 0 Å². The molecule has 8 heteroatoms. The van der Waals surface area contributed by atoms with Crippen molar-refractivity contribution in [3.63, 3.8) is 0 Å². The van der Waals surface area contributed by atoms with Gasteiger partial charge < -0.3 is 0 Å². The number of hydrogen-bond acceptors (Lipinski definition) is 6. The average molecular weight is 494 g/mol. The number of imide groups is 1. The van der Waals surface area contributed by atoms with Crippen molar-refractivity contribution in [2.24, 2.45) is 4.99 Å². The van der Waals surface area contributed by atoms with Crippen molar-refractivity contribution in [2.75, 3.05) is 19.8 Å². The number of benzene rings is 2. The fraction of sp³-hybridized carbons (Fsp3) is 0.292. The first-order valence-corrected chi connectivity index (χ1v) is 15.6. The minimum atomic E-state index is -1.02. The standard InChI is InChI=1S/C24H23AsN2O5/c1-25(2)9-10-27-23(29)19-16-13-14(31-12-11-28)7-8-15(16)21-22(20(19)24(27)30)32-18-6-4-3-5-17(18)26-21/h3-8,13,22,28H,9-12H2,1-2H3. The number of carbonyl (C=O) groups excluding carboxylic acids is 2. The molecule has 3 aliphatic rings. The van der Waals surface area contributed by atoms with Crippen LogP contribution in [0, 0.1) is 0 Å². The van der Waals surface area contributed by atoms with Crippen LogP contribution in [0.2, 0.25) is 16.6 Å². The Labute approximate surface area is 190 Å². The third kappa shape index (κ3) is 3.36. The fourth-order valence-corrected chi connectivity index (χ4v) is 5.48. The Kier molecular flexibility index (Phi) is 5.39. The first-order chi connectivity index (χ1) is 15.5. The van der Waals surface area contributed by atoms with Crippen molar-refractivity contribution >= 4 is 43.4 Å². The molecule has 2 aromatic carbocycles. The summed E-state index contributed by atoms with van der Waals surface area (Å²) >= 11 is -1.02. The van der Waals surface area contributed by atoms with Crippen LogP contribution in [0.15, 0.2) is 53.0 Å². The number of carbonyl (C=O) groups is 2. The second kappa shape index (κ2) is 8.23. The number of para-hydroxylation sites is 2. The van der Waals surface area contributed by atoms with Gasteiger partial charge in [-0.1, -0.05) is 0 Å². The molecule has 1 unspecified atom stereocenters. The van der Waals surface area contributed by atoms with Gasteiger partial charge in [-0.15, -0.1) is 0 Å². The number of ether oxygens (including phenoxy) is 2. The van der Waals surface area contributed by atoms with Crippen molar-refractivity contribution in [1.29, 1.82) is 0 Å². The number of amides is 2. The van der Waals surface area contributed by atoms with E-state index in [1.807, 2.05) is 30.3 Å². The predicted octanol–water partition coefficient (Wildman–Crippen LogP) is 2.83. The molecule has 1 aliphatic carbocycles. The van der Waals surface area contributed by atoms with Crippen LogP contribution in [-0.4, -0.2) is 68.0 Å². The minimum absolute atomic E-state index is 0.116. The molecular formula is C24H23AsN2O5. The Morgan fingerprint density at radius 1 is 1.12 bits per heavy atom. The molecule has 0 radical (unpaired) electrons. The van der Waals surface area contributed by atoms with Crippen LogP contribution in [0.3, 0.4) is 0 Å². The number of fused-ring (bicyclic) bond motifs is 6. The molecule has 1 atom stereocenters. The van der Waals surface area contributed by atoms with Crippen LogP contribution in [0.5, 0.6) is 11.5 Å². The summed E-state index contributed by atoms with van der Waals surface area (Å²) < 4.78 is 11.8. The summed E-state index contributed by atoms with van der Waals surface area (Å²) in [5, 5.41) is 9.97. The zero-order chi connectivity index (χ0) is 22.4. The van der Waals surface area contributed by atoms with E-state index in [9.17, 15) is 9.59 Å². The van der Waals surface area contributed by atoms with Gasteiger partial charge in [0.1, 0.15) is 0 Å². The molecule has 164 valence electrons. The molecule has 2 amide bonds. The molecule has 5 rings (SSSR count). The topological polar surface area (TPSA) is 88.4 Å². The summed E-state index contributed by atoms with van der Waals surface area (Å²) in [6, 6.07) is 12.8. The SMILES string of the molecule is C[As](C)CCN1C(=O)C2=C(C1=O)C1Oc3ccccc3N=C1c1ccc(OCCO)cc12. The molecule has 2 aliphatic heterocycles. The zero-order valence-electron chi connectivity index (χ0n) is 17.9. The summed E-state index contributed by atoms with van der Waals surface area (Å²) in [7, 11) is 0. The Morgan fingerprint density at radius 2 is 1.94 bits per heavy atom. The van der Waals surface area contributed by atoms with Crippen LogP contribution in [0.1, 0.15) is 11.1 Å². The molecule has 32 heavy (non-hydrogen) atoms. The van der Waals surface area contributed by atoms with Gasteiger partial charge >= 0.3 is 191 Å². The van der Waals surface area contributed by atoms with Crippen LogP contribution in [0.4, 0.5) is 5.69 Å². The second-order valence-electron chi connectivity index (χ2n) is 8.10. The molecule has 7 nitrogen and oxygen atoms in total. The predicted molar refractivity (Wildman–Crippen MR) is 122 cm³/mol. The molecule has 0 bridgehead atoms. The van der Waals surface area contributed by atoms with E-state index >= 15 is 0 Å². The van der Waals surface area contributed by atoms with Gasteiger partial charge in [-0.2, -0.15) is 0 Å². The fourth-order valence-electron chi connectivity index (χ4n) is 4.23. The molecule has 2 aromatic rings. The monoisotopic (exact) mass is 494 g/mol. The van der Waals surface area contributed by atoms with Crippen molar-refractivity contribution in [3.8, 4) is 11.5 Å². The van der Waals surface area contributed by atoms with E-state index in [2.05, 4.69) is 11.4 Å². The molecule has 0 saturated carbocycles. The number of rotatable bonds is 6. The van der Waals surface area contributed by atoms with Crippen LogP contribution in [0.25, 0.3) is 5.57 Å². The summed E-state index contributed by atoms with van der Waals surface area (Å²) in [4.78, 5) is 33.1. The normalized spacial score (nSPS) is 18.7. The summed E-state index contributed by atoms with van der Waals surface area (Å²) in [6.45, 7) is 0.446. The number of nitrogens with zero attached hydrogens (tertiary/aromatic N) is 2. The molecule has 1 N–H and O–H groups in total. The molecule has 0 spiro atoms. The van der Waals surface area contributed by atoms with Crippen LogP contribution in [-0.2, 0) is 9.59 Å². The van der Waals surface area contributed by atoms with E-state index in [0.29, 0.717) is 46.2 Å². The first kappa shape index (κ1) is 21.0. The zero-order valence-corrected chi connectivity index (χ0v) is 19.7. The average Bonchev–Trinajstić information content (AvgIpc) is 3.05. The molecular weight excluding hydrogens is 471 g/mol. The first-order valence-electron chi connectivity index (χ1n) is 10.5. The van der Waals surface area contributed by atoms with E-state index in [1.165, 1.54) is 4.90 Å². The van der Waals surface area contributed by atoms with Crippen molar-refractivity contribution in [1.82, 2.24) is 4.90 Å². The van der Waals surface area contributed by atoms with E-state index < -0.39 is 20.8 Å². The van der Waals surface area contributed by atoms with Crippen molar-refractivity contribution in [3.05, 3.63) is 59.2 Å². The Balaban J connectivity index is 1.66. The van der Waals surface area contributed by atoms with E-state index in [0.717, 1.165) is 10.8 Å². The van der Waals surface area contributed by atoms with Gasteiger partial charge in [-0.3, -0.25) is 0 Å².